The first kappa shape index (κ1) is 19.5. The molecule has 0 unspecified atom stereocenters. The Hall–Kier alpha value is -3.22. The van der Waals surface area contributed by atoms with Gasteiger partial charge in [0, 0.05) is 23.7 Å². The maximum Gasteiger partial charge on any atom is 0.273 e. The number of hydrogen-bond donors (Lipinski definition) is 1. The molecule has 0 heterocycles. The van der Waals surface area contributed by atoms with E-state index in [1.807, 2.05) is 19.1 Å². The van der Waals surface area contributed by atoms with Gasteiger partial charge in [-0.15, -0.1) is 0 Å². The van der Waals surface area contributed by atoms with Crippen LogP contribution in [0.3, 0.4) is 0 Å². The second-order valence-electron chi connectivity index (χ2n) is 6.42. The Morgan fingerprint density at radius 1 is 1.25 bits per heavy atom. The van der Waals surface area contributed by atoms with E-state index in [4.69, 9.17) is 9.68 Å². The molecular formula is C21H22FN3O3. The number of aryl methyl sites for hydroxylation is 2. The number of oxime groups is 2. The molecule has 7 heteroatoms. The van der Waals surface area contributed by atoms with Crippen LogP contribution in [0, 0.1) is 12.7 Å². The fourth-order valence-electron chi connectivity index (χ4n) is 3.23. The lowest BCUT2D eigenvalue weighted by molar-refractivity contribution is -0.114. The number of nitrogens with zero attached hydrogens (tertiary/aromatic N) is 2. The lowest BCUT2D eigenvalue weighted by atomic mass is 9.98. The zero-order valence-corrected chi connectivity index (χ0v) is 16.1. The average Bonchev–Trinajstić information content (AvgIpc) is 3.09. The molecule has 3 rings (SSSR count). The van der Waals surface area contributed by atoms with Crippen LogP contribution in [-0.2, 0) is 27.5 Å². The Kier molecular flexibility index (Phi) is 6.03. The number of benzene rings is 2. The third-order valence-corrected chi connectivity index (χ3v) is 4.69. The van der Waals surface area contributed by atoms with E-state index in [1.165, 1.54) is 26.3 Å². The van der Waals surface area contributed by atoms with E-state index in [1.54, 1.807) is 12.1 Å². The molecule has 28 heavy (non-hydrogen) atoms. The molecule has 0 radical (unpaired) electrons. The summed E-state index contributed by atoms with van der Waals surface area (Å²) < 4.78 is 13.5. The van der Waals surface area contributed by atoms with Gasteiger partial charge in [0.1, 0.15) is 19.5 Å². The lowest BCUT2D eigenvalue weighted by Gasteiger charge is -2.13. The van der Waals surface area contributed by atoms with Crippen LogP contribution in [-0.4, -0.2) is 31.5 Å². The molecule has 1 N–H and O–H groups in total. The number of halogens is 1. The second-order valence-corrected chi connectivity index (χ2v) is 6.42. The topological polar surface area (TPSA) is 72.3 Å². The molecule has 6 nitrogen and oxygen atoms in total. The first-order chi connectivity index (χ1) is 13.5. The van der Waals surface area contributed by atoms with Crippen LogP contribution >= 0.6 is 0 Å². The van der Waals surface area contributed by atoms with Gasteiger partial charge in [0.2, 0.25) is 0 Å². The van der Waals surface area contributed by atoms with Crippen molar-refractivity contribution in [2.75, 3.05) is 14.2 Å². The summed E-state index contributed by atoms with van der Waals surface area (Å²) in [5, 5.41) is 10.7. The summed E-state index contributed by atoms with van der Waals surface area (Å²) in [5.41, 5.74) is 5.06. The summed E-state index contributed by atoms with van der Waals surface area (Å²) in [5.74, 6) is -0.652. The summed E-state index contributed by atoms with van der Waals surface area (Å²) in [4.78, 5) is 22.6. The van der Waals surface area contributed by atoms with E-state index in [0.717, 1.165) is 34.4 Å². The summed E-state index contributed by atoms with van der Waals surface area (Å²) in [6.07, 6.45) is 1.52. The zero-order valence-electron chi connectivity index (χ0n) is 16.1. The lowest BCUT2D eigenvalue weighted by Crippen LogP contribution is -2.29. The molecule has 2 aromatic rings. The molecule has 0 aliphatic heterocycles. The van der Waals surface area contributed by atoms with Crippen LogP contribution in [0.5, 0.6) is 0 Å². The summed E-state index contributed by atoms with van der Waals surface area (Å²) in [6, 6.07) is 10.3. The predicted molar refractivity (Wildman–Crippen MR) is 105 cm³/mol. The largest absolute Gasteiger partial charge is 0.398 e. The molecule has 0 saturated carbocycles. The number of hydrogen-bond acceptors (Lipinski definition) is 5. The Balaban J connectivity index is 1.86. The number of carbonyl (C=O) groups excluding carboxylic acids is 1. The third kappa shape index (κ3) is 4.03. The number of rotatable bonds is 6. The fraction of sp³-hybridized carbons (Fsp3) is 0.286. The molecule has 0 aromatic heterocycles. The van der Waals surface area contributed by atoms with Gasteiger partial charge in [0.25, 0.3) is 5.91 Å². The first-order valence-corrected chi connectivity index (χ1v) is 8.95. The van der Waals surface area contributed by atoms with Gasteiger partial charge < -0.3 is 15.0 Å². The highest BCUT2D eigenvalue weighted by molar-refractivity contribution is 6.45. The number of amides is 1. The Bertz CT molecular complexity index is 954. The monoisotopic (exact) mass is 383 g/mol. The van der Waals surface area contributed by atoms with Gasteiger partial charge in [-0.3, -0.25) is 4.79 Å². The molecule has 0 spiro atoms. The van der Waals surface area contributed by atoms with Gasteiger partial charge in [-0.05, 0) is 43.0 Å². The van der Waals surface area contributed by atoms with E-state index < -0.39 is 0 Å². The molecule has 1 aliphatic carbocycles. The molecule has 0 saturated heterocycles. The predicted octanol–water partition coefficient (Wildman–Crippen LogP) is 3.10. The minimum absolute atomic E-state index is 0.149. The summed E-state index contributed by atoms with van der Waals surface area (Å²) in [6.45, 7) is 2.07. The Morgan fingerprint density at radius 3 is 2.82 bits per heavy atom. The molecule has 1 amide bonds. The van der Waals surface area contributed by atoms with Gasteiger partial charge in [0.15, 0.2) is 5.71 Å². The smallest absolute Gasteiger partial charge is 0.273 e. The molecule has 1 aliphatic rings. The van der Waals surface area contributed by atoms with Crippen molar-refractivity contribution in [3.05, 3.63) is 70.0 Å². The van der Waals surface area contributed by atoms with E-state index >= 15 is 0 Å². The standard InChI is InChI=1S/C21H22FN3O3/c1-13-5-4-6-16(20(25-27-3)21(26)23-2)18(13)12-28-24-19-10-8-14-7-9-15(22)11-17(14)19/h4-7,9,11H,8,10,12H2,1-3H3,(H,23,26)/b24-19+,25-20+. The zero-order chi connectivity index (χ0) is 20.1. The van der Waals surface area contributed by atoms with Crippen LogP contribution in [0.25, 0.3) is 0 Å². The van der Waals surface area contributed by atoms with Crippen molar-refractivity contribution in [3.8, 4) is 0 Å². The number of nitrogens with one attached hydrogen (secondary N) is 1. The average molecular weight is 383 g/mol. The Labute approximate surface area is 163 Å². The van der Waals surface area contributed by atoms with Crippen molar-refractivity contribution in [1.29, 1.82) is 0 Å². The molecule has 0 fully saturated rings. The van der Waals surface area contributed by atoms with Crippen molar-refractivity contribution in [2.24, 2.45) is 10.3 Å². The quantitative estimate of drug-likeness (QED) is 0.615. The van der Waals surface area contributed by atoms with Crippen molar-refractivity contribution < 1.29 is 18.9 Å². The van der Waals surface area contributed by atoms with Crippen LogP contribution in [0.15, 0.2) is 46.7 Å². The van der Waals surface area contributed by atoms with Crippen LogP contribution in [0.2, 0.25) is 0 Å². The minimum atomic E-state index is -0.361. The maximum atomic E-state index is 13.5. The Morgan fingerprint density at radius 2 is 2.07 bits per heavy atom. The van der Waals surface area contributed by atoms with E-state index in [0.29, 0.717) is 12.0 Å². The van der Waals surface area contributed by atoms with E-state index in [-0.39, 0.29) is 24.0 Å². The third-order valence-electron chi connectivity index (χ3n) is 4.69. The van der Waals surface area contributed by atoms with E-state index in [2.05, 4.69) is 15.6 Å². The van der Waals surface area contributed by atoms with Gasteiger partial charge in [-0.25, -0.2) is 4.39 Å². The molecule has 0 bridgehead atoms. The van der Waals surface area contributed by atoms with Crippen LogP contribution in [0.1, 0.15) is 34.2 Å². The number of fused-ring (bicyclic) bond motifs is 1. The van der Waals surface area contributed by atoms with Gasteiger partial charge in [-0.1, -0.05) is 34.6 Å². The maximum absolute atomic E-state index is 13.5. The van der Waals surface area contributed by atoms with Crippen LogP contribution < -0.4 is 5.32 Å². The van der Waals surface area contributed by atoms with Crippen molar-refractivity contribution in [2.45, 2.75) is 26.4 Å². The van der Waals surface area contributed by atoms with Gasteiger partial charge in [-0.2, -0.15) is 0 Å². The summed E-state index contributed by atoms with van der Waals surface area (Å²) >= 11 is 0. The van der Waals surface area contributed by atoms with Gasteiger partial charge >= 0.3 is 0 Å². The van der Waals surface area contributed by atoms with E-state index in [9.17, 15) is 9.18 Å². The van der Waals surface area contributed by atoms with Gasteiger partial charge in [0.05, 0.1) is 5.71 Å². The highest BCUT2D eigenvalue weighted by Gasteiger charge is 2.21. The molecule has 146 valence electrons. The van der Waals surface area contributed by atoms with Crippen molar-refractivity contribution >= 4 is 17.3 Å². The first-order valence-electron chi connectivity index (χ1n) is 8.95. The highest BCUT2D eigenvalue weighted by atomic mass is 19.1. The van der Waals surface area contributed by atoms with Crippen LogP contribution in [0.4, 0.5) is 4.39 Å². The fourth-order valence-corrected chi connectivity index (χ4v) is 3.23. The number of carbonyl (C=O) groups is 1. The summed E-state index contributed by atoms with van der Waals surface area (Å²) in [7, 11) is 2.92. The molecule has 2 aromatic carbocycles. The molecular weight excluding hydrogens is 361 g/mol. The SMILES string of the molecule is CNC(=O)/C(=N/OC)c1cccc(C)c1CO/N=C1\CCc2ccc(F)cc21. The van der Waals surface area contributed by atoms with Crippen molar-refractivity contribution in [1.82, 2.24) is 5.32 Å². The van der Waals surface area contributed by atoms with Crippen molar-refractivity contribution in [3.63, 3.8) is 0 Å². The second kappa shape index (κ2) is 8.65. The number of likely N-dealkylation sites (N-methyl/N-ethyl adjacent to an activating group) is 1. The molecule has 0 atom stereocenters. The minimum Gasteiger partial charge on any atom is -0.398 e. The normalized spacial score (nSPS) is 14.7. The highest BCUT2D eigenvalue weighted by Crippen LogP contribution is 2.24.